The number of carbonyl (C=O) groups excluding carboxylic acids is 2. The number of sulfonamides is 1. The smallest absolute Gasteiger partial charge is 0.244 e. The number of amides is 2. The van der Waals surface area contributed by atoms with Gasteiger partial charge in [-0.25, -0.2) is 8.42 Å². The maximum atomic E-state index is 13.4. The van der Waals surface area contributed by atoms with Gasteiger partial charge < -0.3 is 10.2 Å². The van der Waals surface area contributed by atoms with Gasteiger partial charge >= 0.3 is 0 Å². The summed E-state index contributed by atoms with van der Waals surface area (Å²) < 4.78 is 26.7. The standard InChI is InChI=1S/C22H28BrN3O4S/c1-5-20(22(28)24-3)25(14-17-9-6-8-16(2)12-17)21(27)15-26(31(4,29)30)19-11-7-10-18(23)13-19/h6-13,20H,5,14-15H2,1-4H3,(H,24,28)/t20-/m1/s1. The number of hydrogen-bond acceptors (Lipinski definition) is 4. The maximum Gasteiger partial charge on any atom is 0.244 e. The number of hydrogen-bond donors (Lipinski definition) is 1. The van der Waals surface area contributed by atoms with Crippen LogP contribution in [0.1, 0.15) is 24.5 Å². The Balaban J connectivity index is 2.43. The Labute approximate surface area is 192 Å². The molecule has 0 spiro atoms. The highest BCUT2D eigenvalue weighted by Crippen LogP contribution is 2.23. The highest BCUT2D eigenvalue weighted by Gasteiger charge is 2.31. The molecule has 2 aromatic carbocycles. The van der Waals surface area contributed by atoms with E-state index in [1.807, 2.05) is 38.1 Å². The molecule has 9 heteroatoms. The zero-order valence-electron chi connectivity index (χ0n) is 18.1. The highest BCUT2D eigenvalue weighted by atomic mass is 79.9. The van der Waals surface area contributed by atoms with E-state index >= 15 is 0 Å². The normalized spacial score (nSPS) is 12.2. The molecule has 31 heavy (non-hydrogen) atoms. The first-order valence-electron chi connectivity index (χ1n) is 9.86. The van der Waals surface area contributed by atoms with E-state index in [9.17, 15) is 18.0 Å². The molecule has 0 saturated carbocycles. The second-order valence-corrected chi connectivity index (χ2v) is 10.1. The number of nitrogens with one attached hydrogen (secondary N) is 1. The van der Waals surface area contributed by atoms with Crippen LogP contribution in [0, 0.1) is 6.92 Å². The first kappa shape index (κ1) is 24.9. The van der Waals surface area contributed by atoms with E-state index in [2.05, 4.69) is 21.2 Å². The predicted octanol–water partition coefficient (Wildman–Crippen LogP) is 3.08. The highest BCUT2D eigenvalue weighted by molar-refractivity contribution is 9.10. The van der Waals surface area contributed by atoms with Crippen LogP contribution in [0.15, 0.2) is 53.0 Å². The largest absolute Gasteiger partial charge is 0.357 e. The molecule has 1 N–H and O–H groups in total. The maximum absolute atomic E-state index is 13.4. The van der Waals surface area contributed by atoms with Gasteiger partial charge in [0.05, 0.1) is 11.9 Å². The molecule has 0 saturated heterocycles. The minimum absolute atomic E-state index is 0.197. The van der Waals surface area contributed by atoms with E-state index in [1.165, 1.54) is 11.9 Å². The van der Waals surface area contributed by atoms with E-state index < -0.39 is 28.5 Å². The van der Waals surface area contributed by atoms with Crippen molar-refractivity contribution >= 4 is 43.5 Å². The monoisotopic (exact) mass is 509 g/mol. The third-order valence-electron chi connectivity index (χ3n) is 4.84. The molecule has 2 amide bonds. The van der Waals surface area contributed by atoms with Crippen molar-refractivity contribution in [3.63, 3.8) is 0 Å². The lowest BCUT2D eigenvalue weighted by molar-refractivity contribution is -0.140. The summed E-state index contributed by atoms with van der Waals surface area (Å²) in [7, 11) is -2.22. The van der Waals surface area contributed by atoms with Gasteiger partial charge in [0.1, 0.15) is 12.6 Å². The lowest BCUT2D eigenvalue weighted by Crippen LogP contribution is -2.51. The number of rotatable bonds is 9. The van der Waals surface area contributed by atoms with E-state index in [-0.39, 0.29) is 12.5 Å². The molecule has 0 aliphatic rings. The van der Waals surface area contributed by atoms with Gasteiger partial charge in [-0.1, -0.05) is 58.7 Å². The second kappa shape index (κ2) is 10.8. The van der Waals surface area contributed by atoms with Crippen LogP contribution in [0.5, 0.6) is 0 Å². The summed E-state index contributed by atoms with van der Waals surface area (Å²) in [5.41, 5.74) is 2.27. The molecule has 0 aliphatic carbocycles. The molecule has 168 valence electrons. The van der Waals surface area contributed by atoms with Crippen molar-refractivity contribution in [2.75, 3.05) is 24.2 Å². The molecule has 0 heterocycles. The van der Waals surface area contributed by atoms with Gasteiger partial charge in [-0.05, 0) is 37.1 Å². The fourth-order valence-corrected chi connectivity index (χ4v) is 4.57. The summed E-state index contributed by atoms with van der Waals surface area (Å²) in [5.74, 6) is -0.751. The number of anilines is 1. The first-order chi connectivity index (χ1) is 14.6. The van der Waals surface area contributed by atoms with Crippen LogP contribution in [0.4, 0.5) is 5.69 Å². The number of carbonyl (C=O) groups is 2. The molecule has 0 aromatic heterocycles. The van der Waals surface area contributed by atoms with Crippen molar-refractivity contribution in [2.24, 2.45) is 0 Å². The van der Waals surface area contributed by atoms with Crippen LogP contribution in [-0.2, 0) is 26.2 Å². The number of nitrogens with zero attached hydrogens (tertiary/aromatic N) is 2. The number of benzene rings is 2. The van der Waals surface area contributed by atoms with Gasteiger partial charge in [-0.3, -0.25) is 13.9 Å². The summed E-state index contributed by atoms with van der Waals surface area (Å²) >= 11 is 3.34. The summed E-state index contributed by atoms with van der Waals surface area (Å²) in [6, 6.07) is 13.7. The number of aryl methyl sites for hydroxylation is 1. The lowest BCUT2D eigenvalue weighted by atomic mass is 10.1. The Bertz CT molecular complexity index is 1040. The fourth-order valence-electron chi connectivity index (χ4n) is 3.34. The zero-order valence-corrected chi connectivity index (χ0v) is 20.5. The SMILES string of the molecule is CC[C@H](C(=O)NC)N(Cc1cccc(C)c1)C(=O)CN(c1cccc(Br)c1)S(C)(=O)=O. The summed E-state index contributed by atoms with van der Waals surface area (Å²) in [6.07, 6.45) is 1.45. The molecule has 1 atom stereocenters. The zero-order chi connectivity index (χ0) is 23.2. The molecular formula is C22H28BrN3O4S. The fraction of sp³-hybridized carbons (Fsp3) is 0.364. The molecule has 0 aliphatic heterocycles. The molecular weight excluding hydrogens is 482 g/mol. The van der Waals surface area contributed by atoms with Crippen LogP contribution < -0.4 is 9.62 Å². The lowest BCUT2D eigenvalue weighted by Gasteiger charge is -2.32. The number of halogens is 1. The van der Waals surface area contributed by atoms with Crippen molar-refractivity contribution in [1.82, 2.24) is 10.2 Å². The van der Waals surface area contributed by atoms with Crippen LogP contribution in [-0.4, -0.2) is 51.0 Å². The first-order valence-corrected chi connectivity index (χ1v) is 12.5. The van der Waals surface area contributed by atoms with E-state index in [0.29, 0.717) is 16.6 Å². The van der Waals surface area contributed by atoms with Gasteiger partial charge in [-0.15, -0.1) is 0 Å². The summed E-state index contributed by atoms with van der Waals surface area (Å²) in [6.45, 7) is 3.56. The van der Waals surface area contributed by atoms with Crippen LogP contribution in [0.2, 0.25) is 0 Å². The average molecular weight is 510 g/mol. The van der Waals surface area contributed by atoms with Crippen molar-refractivity contribution in [2.45, 2.75) is 32.9 Å². The molecule has 0 bridgehead atoms. The predicted molar refractivity (Wildman–Crippen MR) is 126 cm³/mol. The van der Waals surface area contributed by atoms with Crippen molar-refractivity contribution in [3.8, 4) is 0 Å². The second-order valence-electron chi connectivity index (χ2n) is 7.30. The molecule has 7 nitrogen and oxygen atoms in total. The topological polar surface area (TPSA) is 86.8 Å². The molecule has 0 fully saturated rings. The number of likely N-dealkylation sites (N-methyl/N-ethyl adjacent to an activating group) is 1. The molecule has 2 rings (SSSR count). The average Bonchev–Trinajstić information content (AvgIpc) is 2.70. The Morgan fingerprint density at radius 1 is 1.13 bits per heavy atom. The van der Waals surface area contributed by atoms with Gasteiger partial charge in [0, 0.05) is 18.1 Å². The summed E-state index contributed by atoms with van der Waals surface area (Å²) in [4.78, 5) is 27.3. The third-order valence-corrected chi connectivity index (χ3v) is 6.48. The minimum Gasteiger partial charge on any atom is -0.357 e. The van der Waals surface area contributed by atoms with Crippen molar-refractivity contribution in [1.29, 1.82) is 0 Å². The van der Waals surface area contributed by atoms with E-state index in [4.69, 9.17) is 0 Å². The minimum atomic E-state index is -3.74. The Morgan fingerprint density at radius 2 is 1.81 bits per heavy atom. The Morgan fingerprint density at radius 3 is 2.35 bits per heavy atom. The van der Waals surface area contributed by atoms with Crippen LogP contribution >= 0.6 is 15.9 Å². The van der Waals surface area contributed by atoms with Gasteiger partial charge in [0.2, 0.25) is 21.8 Å². The van der Waals surface area contributed by atoms with Gasteiger partial charge in [0.15, 0.2) is 0 Å². The van der Waals surface area contributed by atoms with E-state index in [0.717, 1.165) is 21.7 Å². The summed E-state index contributed by atoms with van der Waals surface area (Å²) in [5, 5.41) is 2.60. The van der Waals surface area contributed by atoms with Crippen molar-refractivity contribution < 1.29 is 18.0 Å². The Kier molecular flexibility index (Phi) is 8.64. The third kappa shape index (κ3) is 6.80. The van der Waals surface area contributed by atoms with Crippen LogP contribution in [0.25, 0.3) is 0 Å². The molecule has 0 unspecified atom stereocenters. The van der Waals surface area contributed by atoms with Crippen LogP contribution in [0.3, 0.4) is 0 Å². The molecule has 2 aromatic rings. The Hall–Kier alpha value is -2.39. The van der Waals surface area contributed by atoms with E-state index in [1.54, 1.807) is 24.3 Å². The van der Waals surface area contributed by atoms with Gasteiger partial charge in [-0.2, -0.15) is 0 Å². The van der Waals surface area contributed by atoms with Crippen molar-refractivity contribution in [3.05, 3.63) is 64.1 Å². The van der Waals surface area contributed by atoms with Gasteiger partial charge in [0.25, 0.3) is 0 Å². The molecule has 0 radical (unpaired) electrons. The quantitative estimate of drug-likeness (QED) is 0.562.